The Hall–Kier alpha value is -2.24. The lowest BCUT2D eigenvalue weighted by Crippen LogP contribution is -2.33. The van der Waals surface area contributed by atoms with Crippen LogP contribution >= 0.6 is 12.4 Å². The topological polar surface area (TPSA) is 73.6 Å². The second-order valence-corrected chi connectivity index (χ2v) is 7.12. The molecule has 3 N–H and O–H groups in total. The van der Waals surface area contributed by atoms with E-state index in [1.54, 1.807) is 7.11 Å². The first-order chi connectivity index (χ1) is 13.1. The zero-order chi connectivity index (χ0) is 19.2. The van der Waals surface area contributed by atoms with Gasteiger partial charge in [0.2, 0.25) is 5.91 Å². The standard InChI is InChI=1S/C22H28N2O3.ClH/c1-15-7-10-17(11-8-15)21(23)22(25)24-14-16-9-12-19(26-2)20(13-16)27-18-5-3-4-6-18;/h7-13,18,21H,3-6,14,23H2,1-2H3,(H,24,25);1H. The van der Waals surface area contributed by atoms with E-state index in [9.17, 15) is 4.79 Å². The maximum absolute atomic E-state index is 12.4. The summed E-state index contributed by atoms with van der Waals surface area (Å²) in [5.74, 6) is 1.25. The number of rotatable bonds is 7. The number of nitrogens with two attached hydrogens (primary N) is 1. The summed E-state index contributed by atoms with van der Waals surface area (Å²) in [7, 11) is 1.64. The van der Waals surface area contributed by atoms with Gasteiger partial charge in [-0.2, -0.15) is 0 Å². The van der Waals surface area contributed by atoms with E-state index in [1.807, 2.05) is 49.4 Å². The summed E-state index contributed by atoms with van der Waals surface area (Å²) in [5, 5.41) is 2.91. The largest absolute Gasteiger partial charge is 0.493 e. The summed E-state index contributed by atoms with van der Waals surface area (Å²) in [6.45, 7) is 2.40. The van der Waals surface area contributed by atoms with Crippen molar-refractivity contribution in [2.24, 2.45) is 5.73 Å². The van der Waals surface area contributed by atoms with Crippen LogP contribution in [0.5, 0.6) is 11.5 Å². The van der Waals surface area contributed by atoms with Crippen molar-refractivity contribution in [2.45, 2.75) is 51.3 Å². The highest BCUT2D eigenvalue weighted by Gasteiger charge is 2.19. The molecule has 1 amide bonds. The summed E-state index contributed by atoms with van der Waals surface area (Å²) in [4.78, 5) is 12.4. The van der Waals surface area contributed by atoms with Crippen LogP contribution in [0, 0.1) is 6.92 Å². The van der Waals surface area contributed by atoms with E-state index < -0.39 is 6.04 Å². The molecule has 0 aromatic heterocycles. The second kappa shape index (κ2) is 10.3. The first-order valence-corrected chi connectivity index (χ1v) is 9.50. The van der Waals surface area contributed by atoms with E-state index >= 15 is 0 Å². The molecular formula is C22H29ClN2O3. The van der Waals surface area contributed by atoms with Crippen LogP contribution in [0.25, 0.3) is 0 Å². The van der Waals surface area contributed by atoms with Gasteiger partial charge in [0, 0.05) is 6.54 Å². The van der Waals surface area contributed by atoms with Gasteiger partial charge in [-0.1, -0.05) is 35.9 Å². The lowest BCUT2D eigenvalue weighted by Gasteiger charge is -2.17. The fourth-order valence-corrected chi connectivity index (χ4v) is 3.33. The highest BCUT2D eigenvalue weighted by Crippen LogP contribution is 2.32. The van der Waals surface area contributed by atoms with Gasteiger partial charge in [-0.05, 0) is 55.9 Å². The first-order valence-electron chi connectivity index (χ1n) is 9.50. The van der Waals surface area contributed by atoms with Crippen LogP contribution in [-0.4, -0.2) is 19.1 Å². The molecule has 152 valence electrons. The van der Waals surface area contributed by atoms with E-state index in [0.29, 0.717) is 12.3 Å². The molecule has 1 aliphatic carbocycles. The Bertz CT molecular complexity index is 774. The number of nitrogens with one attached hydrogen (secondary N) is 1. The molecule has 0 heterocycles. The second-order valence-electron chi connectivity index (χ2n) is 7.12. The van der Waals surface area contributed by atoms with Gasteiger partial charge in [0.1, 0.15) is 6.04 Å². The number of benzene rings is 2. The van der Waals surface area contributed by atoms with Gasteiger partial charge in [0.25, 0.3) is 0 Å². The maximum atomic E-state index is 12.4. The molecule has 0 saturated heterocycles. The molecule has 3 rings (SSSR count). The average molecular weight is 405 g/mol. The lowest BCUT2D eigenvalue weighted by molar-refractivity contribution is -0.122. The normalized spacial score (nSPS) is 14.8. The predicted molar refractivity (Wildman–Crippen MR) is 113 cm³/mol. The summed E-state index contributed by atoms with van der Waals surface area (Å²) < 4.78 is 11.5. The molecule has 0 aliphatic heterocycles. The van der Waals surface area contributed by atoms with Crippen molar-refractivity contribution in [1.82, 2.24) is 5.32 Å². The number of methoxy groups -OCH3 is 1. The molecule has 1 atom stereocenters. The minimum absolute atomic E-state index is 0. The Labute approximate surface area is 173 Å². The van der Waals surface area contributed by atoms with Gasteiger partial charge >= 0.3 is 0 Å². The van der Waals surface area contributed by atoms with E-state index in [-0.39, 0.29) is 24.4 Å². The Kier molecular flexibility index (Phi) is 8.15. The van der Waals surface area contributed by atoms with Crippen LogP contribution in [0.4, 0.5) is 0 Å². The number of hydrogen-bond acceptors (Lipinski definition) is 4. The summed E-state index contributed by atoms with van der Waals surface area (Å²) in [6, 6.07) is 12.8. The fraction of sp³-hybridized carbons (Fsp3) is 0.409. The molecule has 1 fully saturated rings. The van der Waals surface area contributed by atoms with Gasteiger partial charge in [-0.3, -0.25) is 4.79 Å². The van der Waals surface area contributed by atoms with Crippen LogP contribution < -0.4 is 20.5 Å². The summed E-state index contributed by atoms with van der Waals surface area (Å²) >= 11 is 0. The first kappa shape index (κ1) is 22.1. The molecular weight excluding hydrogens is 376 g/mol. The Morgan fingerprint density at radius 2 is 1.82 bits per heavy atom. The van der Waals surface area contributed by atoms with Crippen molar-refractivity contribution in [3.63, 3.8) is 0 Å². The number of hydrogen-bond donors (Lipinski definition) is 2. The van der Waals surface area contributed by atoms with Crippen molar-refractivity contribution in [1.29, 1.82) is 0 Å². The van der Waals surface area contributed by atoms with Gasteiger partial charge < -0.3 is 20.5 Å². The fourth-order valence-electron chi connectivity index (χ4n) is 3.33. The SMILES string of the molecule is COc1ccc(CNC(=O)C(N)c2ccc(C)cc2)cc1OC1CCCC1.Cl. The number of ether oxygens (including phenoxy) is 2. The molecule has 1 saturated carbocycles. The summed E-state index contributed by atoms with van der Waals surface area (Å²) in [5.41, 5.74) is 8.97. The van der Waals surface area contributed by atoms with Crippen molar-refractivity contribution >= 4 is 18.3 Å². The quantitative estimate of drug-likeness (QED) is 0.729. The molecule has 6 heteroatoms. The number of halogens is 1. The van der Waals surface area contributed by atoms with Gasteiger partial charge in [-0.25, -0.2) is 0 Å². The molecule has 0 radical (unpaired) electrons. The Morgan fingerprint density at radius 3 is 2.46 bits per heavy atom. The maximum Gasteiger partial charge on any atom is 0.241 e. The van der Waals surface area contributed by atoms with Gasteiger partial charge in [0.15, 0.2) is 11.5 Å². The predicted octanol–water partition coefficient (Wildman–Crippen LogP) is 4.06. The van der Waals surface area contributed by atoms with E-state index in [2.05, 4.69) is 5.32 Å². The molecule has 28 heavy (non-hydrogen) atoms. The third-order valence-corrected chi connectivity index (χ3v) is 5.01. The van der Waals surface area contributed by atoms with Crippen molar-refractivity contribution in [2.75, 3.05) is 7.11 Å². The van der Waals surface area contributed by atoms with Gasteiger partial charge in [0.05, 0.1) is 13.2 Å². The van der Waals surface area contributed by atoms with E-state index in [1.165, 1.54) is 12.8 Å². The highest BCUT2D eigenvalue weighted by molar-refractivity contribution is 5.85. The number of carbonyl (C=O) groups excluding carboxylic acids is 1. The van der Waals surface area contributed by atoms with E-state index in [4.69, 9.17) is 15.2 Å². The average Bonchev–Trinajstić information content (AvgIpc) is 3.19. The lowest BCUT2D eigenvalue weighted by atomic mass is 10.1. The molecule has 0 spiro atoms. The molecule has 0 bridgehead atoms. The van der Waals surface area contributed by atoms with Crippen molar-refractivity contribution in [3.8, 4) is 11.5 Å². The molecule has 1 aliphatic rings. The zero-order valence-electron chi connectivity index (χ0n) is 16.4. The molecule has 2 aromatic carbocycles. The number of aryl methyl sites for hydroxylation is 1. The molecule has 2 aromatic rings. The van der Waals surface area contributed by atoms with Crippen LogP contribution in [0.15, 0.2) is 42.5 Å². The molecule has 5 nitrogen and oxygen atoms in total. The Morgan fingerprint density at radius 1 is 1.14 bits per heavy atom. The van der Waals surface area contributed by atoms with Crippen LogP contribution in [0.1, 0.15) is 48.4 Å². The zero-order valence-corrected chi connectivity index (χ0v) is 17.3. The smallest absolute Gasteiger partial charge is 0.241 e. The minimum atomic E-state index is -0.682. The van der Waals surface area contributed by atoms with Gasteiger partial charge in [-0.15, -0.1) is 12.4 Å². The van der Waals surface area contributed by atoms with Crippen molar-refractivity contribution in [3.05, 3.63) is 59.2 Å². The van der Waals surface area contributed by atoms with Crippen LogP contribution in [0.2, 0.25) is 0 Å². The number of amides is 1. The minimum Gasteiger partial charge on any atom is -0.493 e. The monoisotopic (exact) mass is 404 g/mol. The van der Waals surface area contributed by atoms with Crippen molar-refractivity contribution < 1.29 is 14.3 Å². The van der Waals surface area contributed by atoms with E-state index in [0.717, 1.165) is 35.3 Å². The highest BCUT2D eigenvalue weighted by atomic mass is 35.5. The third-order valence-electron chi connectivity index (χ3n) is 5.01. The third kappa shape index (κ3) is 5.63. The van der Waals surface area contributed by atoms with Crippen LogP contribution in [-0.2, 0) is 11.3 Å². The number of carbonyl (C=O) groups is 1. The van der Waals surface area contributed by atoms with Crippen LogP contribution in [0.3, 0.4) is 0 Å². The summed E-state index contributed by atoms with van der Waals surface area (Å²) in [6.07, 6.45) is 4.82. The Balaban J connectivity index is 0.00000280. The molecule has 1 unspecified atom stereocenters.